The molecular formula is C23H29N3O3S. The Kier molecular flexibility index (Phi) is 5.21. The Labute approximate surface area is 178 Å². The van der Waals surface area contributed by atoms with E-state index in [1.54, 1.807) is 17.2 Å². The van der Waals surface area contributed by atoms with Gasteiger partial charge in [0.2, 0.25) is 0 Å². The van der Waals surface area contributed by atoms with Crippen molar-refractivity contribution in [1.29, 1.82) is 0 Å². The summed E-state index contributed by atoms with van der Waals surface area (Å²) in [5.41, 5.74) is 3.57. The maximum Gasteiger partial charge on any atom is 0.261 e. The van der Waals surface area contributed by atoms with E-state index in [4.69, 9.17) is 4.84 Å². The molecule has 1 saturated carbocycles. The Morgan fingerprint density at radius 3 is 2.80 bits per heavy atom. The van der Waals surface area contributed by atoms with Crippen LogP contribution in [0.25, 0.3) is 0 Å². The Bertz CT molecular complexity index is 1030. The van der Waals surface area contributed by atoms with E-state index in [0.717, 1.165) is 29.2 Å². The third-order valence-corrected chi connectivity index (χ3v) is 7.88. The molecule has 0 amide bonds. The fraction of sp³-hybridized carbons (Fsp3) is 0.478. The van der Waals surface area contributed by atoms with E-state index in [1.165, 1.54) is 32.1 Å². The van der Waals surface area contributed by atoms with Crippen molar-refractivity contribution in [3.8, 4) is 0 Å². The minimum absolute atomic E-state index is 0.0870. The van der Waals surface area contributed by atoms with Gasteiger partial charge in [0.25, 0.3) is 10.0 Å². The summed E-state index contributed by atoms with van der Waals surface area (Å²) in [6.07, 6.45) is 7.48. The summed E-state index contributed by atoms with van der Waals surface area (Å²) in [4.78, 5) is 5.65. The Morgan fingerprint density at radius 1 is 1.17 bits per heavy atom. The van der Waals surface area contributed by atoms with Crippen LogP contribution in [0.1, 0.15) is 50.2 Å². The lowest BCUT2D eigenvalue weighted by Gasteiger charge is -2.19. The molecule has 0 bridgehead atoms. The van der Waals surface area contributed by atoms with Crippen LogP contribution >= 0.6 is 0 Å². The number of sulfonamides is 1. The van der Waals surface area contributed by atoms with Gasteiger partial charge in [-0.3, -0.25) is 4.72 Å². The molecule has 1 aliphatic carbocycles. The van der Waals surface area contributed by atoms with E-state index >= 15 is 0 Å². The van der Waals surface area contributed by atoms with Crippen LogP contribution in [0.15, 0.2) is 47.4 Å². The average molecular weight is 428 g/mol. The maximum atomic E-state index is 13.1. The molecule has 2 fully saturated rings. The number of para-hydroxylation sites is 1. The van der Waals surface area contributed by atoms with Gasteiger partial charge in [0.05, 0.1) is 16.3 Å². The predicted octanol–water partition coefficient (Wildman–Crippen LogP) is 4.18. The first kappa shape index (κ1) is 19.8. The number of rotatable bonds is 8. The topological polar surface area (TPSA) is 73.7 Å². The van der Waals surface area contributed by atoms with Gasteiger partial charge in [0, 0.05) is 19.0 Å². The quantitative estimate of drug-likeness (QED) is 0.618. The van der Waals surface area contributed by atoms with Gasteiger partial charge in [-0.15, -0.1) is 0 Å². The van der Waals surface area contributed by atoms with Crippen LogP contribution in [0.2, 0.25) is 0 Å². The lowest BCUT2D eigenvalue weighted by molar-refractivity contribution is 0.386. The van der Waals surface area contributed by atoms with E-state index in [9.17, 15) is 8.42 Å². The highest BCUT2D eigenvalue weighted by Gasteiger charge is 2.45. The molecule has 160 valence electrons. The van der Waals surface area contributed by atoms with Crippen LogP contribution in [0.3, 0.4) is 0 Å². The second kappa shape index (κ2) is 7.87. The summed E-state index contributed by atoms with van der Waals surface area (Å²) < 4.78 is 28.9. The summed E-state index contributed by atoms with van der Waals surface area (Å²) in [7, 11) is -3.68. The third-order valence-electron chi connectivity index (χ3n) is 6.51. The molecule has 2 aliphatic heterocycles. The summed E-state index contributed by atoms with van der Waals surface area (Å²) in [6.45, 7) is 2.86. The van der Waals surface area contributed by atoms with Gasteiger partial charge in [-0.25, -0.2) is 18.3 Å². The first-order chi connectivity index (χ1) is 14.5. The van der Waals surface area contributed by atoms with E-state index in [-0.39, 0.29) is 11.1 Å². The molecule has 7 heteroatoms. The Hall–Kier alpha value is -2.09. The molecule has 3 aliphatic rings. The number of hydrogen-bond acceptors (Lipinski definition) is 5. The summed E-state index contributed by atoms with van der Waals surface area (Å²) in [5, 5.41) is 5.35. The average Bonchev–Trinajstić information content (AvgIpc) is 3.14. The van der Waals surface area contributed by atoms with Crippen molar-refractivity contribution >= 4 is 21.4 Å². The number of hydrogen-bond donors (Lipinski definition) is 2. The first-order valence-electron chi connectivity index (χ1n) is 10.9. The normalized spacial score (nSPS) is 21.4. The van der Waals surface area contributed by atoms with Crippen molar-refractivity contribution in [2.75, 3.05) is 9.79 Å². The van der Waals surface area contributed by atoms with Crippen LogP contribution < -0.4 is 15.1 Å². The fourth-order valence-corrected chi connectivity index (χ4v) is 5.92. The molecule has 6 nitrogen and oxygen atoms in total. The van der Waals surface area contributed by atoms with Crippen molar-refractivity contribution in [3.05, 3.63) is 53.6 Å². The van der Waals surface area contributed by atoms with Crippen molar-refractivity contribution < 1.29 is 13.3 Å². The van der Waals surface area contributed by atoms with E-state index in [0.29, 0.717) is 18.3 Å². The molecule has 0 aromatic heterocycles. The molecular weight excluding hydrogens is 398 g/mol. The molecule has 5 rings (SSSR count). The molecule has 2 atom stereocenters. The third kappa shape index (κ3) is 4.06. The second-order valence-corrected chi connectivity index (χ2v) is 10.5. The van der Waals surface area contributed by atoms with Gasteiger partial charge in [-0.1, -0.05) is 49.9 Å². The van der Waals surface area contributed by atoms with Gasteiger partial charge in [0.1, 0.15) is 0 Å². The lowest BCUT2D eigenvalue weighted by atomic mass is 9.99. The van der Waals surface area contributed by atoms with Crippen LogP contribution in [0, 0.1) is 5.92 Å². The predicted molar refractivity (Wildman–Crippen MR) is 118 cm³/mol. The van der Waals surface area contributed by atoms with Gasteiger partial charge < -0.3 is 5.32 Å². The van der Waals surface area contributed by atoms with Crippen molar-refractivity contribution in [2.45, 2.75) is 69.2 Å². The number of benzene rings is 2. The molecule has 2 aromatic rings. The number of nitrogens with zero attached hydrogens (tertiary/aromatic N) is 1. The Morgan fingerprint density at radius 2 is 1.97 bits per heavy atom. The fourth-order valence-electron chi connectivity index (χ4n) is 4.80. The van der Waals surface area contributed by atoms with E-state index in [2.05, 4.69) is 17.0 Å². The first-order valence-corrected chi connectivity index (χ1v) is 12.4. The van der Waals surface area contributed by atoms with E-state index < -0.39 is 10.0 Å². The molecule has 2 N–H and O–H groups in total. The van der Waals surface area contributed by atoms with E-state index in [1.807, 2.05) is 30.3 Å². The van der Waals surface area contributed by atoms with Gasteiger partial charge in [-0.2, -0.15) is 0 Å². The molecule has 1 unspecified atom stereocenters. The minimum atomic E-state index is -3.68. The maximum absolute atomic E-state index is 13.1. The van der Waals surface area contributed by atoms with Gasteiger partial charge >= 0.3 is 0 Å². The van der Waals surface area contributed by atoms with Gasteiger partial charge in [0.15, 0.2) is 6.23 Å². The number of anilines is 2. The molecule has 0 spiro atoms. The summed E-state index contributed by atoms with van der Waals surface area (Å²) in [6, 6.07) is 13.3. The van der Waals surface area contributed by atoms with Crippen LogP contribution in [0.5, 0.6) is 0 Å². The summed E-state index contributed by atoms with van der Waals surface area (Å²) >= 11 is 0. The van der Waals surface area contributed by atoms with Crippen molar-refractivity contribution in [3.63, 3.8) is 0 Å². The lowest BCUT2D eigenvalue weighted by Crippen LogP contribution is -2.28. The molecule has 0 radical (unpaired) electrons. The highest BCUT2D eigenvalue weighted by molar-refractivity contribution is 7.92. The second-order valence-electron chi connectivity index (χ2n) is 8.81. The van der Waals surface area contributed by atoms with Crippen LogP contribution in [-0.2, 0) is 27.8 Å². The largest absolute Gasteiger partial charge is 0.310 e. The van der Waals surface area contributed by atoms with Crippen molar-refractivity contribution in [1.82, 2.24) is 5.32 Å². The monoisotopic (exact) mass is 427 g/mol. The minimum Gasteiger partial charge on any atom is -0.310 e. The number of nitrogens with one attached hydrogen (secondary N) is 2. The standard InChI is InChI=1S/C23H29N3O3S/c1-16(12-17-6-2-3-7-17)24-15-19-8-4-5-9-21(19)25-30(27,28)20-11-10-18-13-23-26(29-23)22(18)14-20/h4-5,8-11,14,16-17,23-25H,2-3,6-7,12-13,15H2,1H3/t16-,23?,26?/m0/s1. The molecule has 1 saturated heterocycles. The molecule has 2 aromatic carbocycles. The number of hydroxylamine groups is 1. The SMILES string of the molecule is C[C@@H](CC1CCCC1)NCc1ccccc1NS(=O)(=O)c1ccc2c(c1)N1OC1C2. The smallest absolute Gasteiger partial charge is 0.261 e. The Balaban J connectivity index is 1.27. The molecule has 30 heavy (non-hydrogen) atoms. The highest BCUT2D eigenvalue weighted by atomic mass is 32.2. The van der Waals surface area contributed by atoms with Gasteiger partial charge in [-0.05, 0) is 48.6 Å². The number of fused-ring (bicyclic) bond motifs is 3. The zero-order valence-corrected chi connectivity index (χ0v) is 18.1. The zero-order valence-electron chi connectivity index (χ0n) is 17.3. The zero-order chi connectivity index (χ0) is 20.7. The van der Waals surface area contributed by atoms with Crippen molar-refractivity contribution in [2.24, 2.45) is 5.92 Å². The molecule has 2 heterocycles. The summed E-state index contributed by atoms with van der Waals surface area (Å²) in [5.74, 6) is 0.826. The van der Waals surface area contributed by atoms with Crippen LogP contribution in [-0.4, -0.2) is 20.7 Å². The highest BCUT2D eigenvalue weighted by Crippen LogP contribution is 2.43. The van der Waals surface area contributed by atoms with Crippen LogP contribution in [0.4, 0.5) is 11.4 Å².